The number of halogens is 4. The first-order valence-electron chi connectivity index (χ1n) is 5.64. The van der Waals surface area contributed by atoms with Crippen LogP contribution in [0, 0.1) is 0 Å². The van der Waals surface area contributed by atoms with Gasteiger partial charge in [0.25, 0.3) is 0 Å². The van der Waals surface area contributed by atoms with E-state index in [1.165, 1.54) is 0 Å². The van der Waals surface area contributed by atoms with Gasteiger partial charge in [-0.1, -0.05) is 0 Å². The first-order valence-corrected chi connectivity index (χ1v) is 7.12. The van der Waals surface area contributed by atoms with E-state index >= 15 is 0 Å². The number of hydrogen-bond acceptors (Lipinski definition) is 3. The van der Waals surface area contributed by atoms with Gasteiger partial charge < -0.3 is 5.73 Å². The van der Waals surface area contributed by atoms with Gasteiger partial charge in [0, 0.05) is 6.54 Å². The number of nitrogens with two attached hydrogens (primary N) is 1. The molecule has 0 unspecified atom stereocenters. The van der Waals surface area contributed by atoms with Crippen molar-refractivity contribution in [2.75, 3.05) is 13.1 Å². The maximum Gasteiger partial charge on any atom is 0.416 e. The van der Waals surface area contributed by atoms with Gasteiger partial charge in [0.05, 0.1) is 10.5 Å². The summed E-state index contributed by atoms with van der Waals surface area (Å²) in [5.41, 5.74) is 4.38. The third kappa shape index (κ3) is 5.66. The lowest BCUT2D eigenvalue weighted by Gasteiger charge is -2.09. The Kier molecular flexibility index (Phi) is 7.50. The van der Waals surface area contributed by atoms with Gasteiger partial charge in [-0.25, -0.2) is 13.1 Å². The van der Waals surface area contributed by atoms with Crippen molar-refractivity contribution < 1.29 is 21.6 Å². The number of nitrogens with one attached hydrogen (secondary N) is 1. The van der Waals surface area contributed by atoms with Crippen LogP contribution in [0.15, 0.2) is 29.2 Å². The smallest absolute Gasteiger partial charge is 0.330 e. The zero-order valence-corrected chi connectivity index (χ0v) is 12.1. The molecule has 0 bridgehead atoms. The molecule has 0 heterocycles. The van der Waals surface area contributed by atoms with Crippen molar-refractivity contribution in [3.05, 3.63) is 29.8 Å². The molecule has 0 aliphatic carbocycles. The average molecular weight is 333 g/mol. The molecule has 1 aromatic carbocycles. The molecule has 0 atom stereocenters. The van der Waals surface area contributed by atoms with Crippen LogP contribution >= 0.6 is 12.4 Å². The fourth-order valence-electron chi connectivity index (χ4n) is 1.38. The highest BCUT2D eigenvalue weighted by Crippen LogP contribution is 2.29. The van der Waals surface area contributed by atoms with Gasteiger partial charge in [-0.3, -0.25) is 0 Å². The topological polar surface area (TPSA) is 72.2 Å². The second-order valence-corrected chi connectivity index (χ2v) is 5.68. The van der Waals surface area contributed by atoms with Crippen molar-refractivity contribution in [1.82, 2.24) is 4.72 Å². The summed E-state index contributed by atoms with van der Waals surface area (Å²) in [5.74, 6) is 0. The van der Waals surface area contributed by atoms with Gasteiger partial charge in [0.1, 0.15) is 0 Å². The summed E-state index contributed by atoms with van der Waals surface area (Å²) in [6.07, 6.45) is -3.22. The lowest BCUT2D eigenvalue weighted by molar-refractivity contribution is -0.137. The summed E-state index contributed by atoms with van der Waals surface area (Å²) in [5, 5.41) is 0. The summed E-state index contributed by atoms with van der Waals surface area (Å²) in [6, 6.07) is 3.37. The van der Waals surface area contributed by atoms with Gasteiger partial charge in [-0.2, -0.15) is 13.2 Å². The molecule has 0 fully saturated rings. The highest BCUT2D eigenvalue weighted by atomic mass is 35.5. The zero-order chi connectivity index (χ0) is 14.5. The van der Waals surface area contributed by atoms with Crippen molar-refractivity contribution in [1.29, 1.82) is 0 Å². The molecule has 0 amide bonds. The molecule has 0 aliphatic heterocycles. The molecular weight excluding hydrogens is 317 g/mol. The van der Waals surface area contributed by atoms with Crippen LogP contribution in [-0.4, -0.2) is 21.5 Å². The molecule has 0 saturated carbocycles. The van der Waals surface area contributed by atoms with Gasteiger partial charge in [0.15, 0.2) is 0 Å². The minimum atomic E-state index is -4.48. The molecule has 9 heteroatoms. The van der Waals surface area contributed by atoms with E-state index in [0.29, 0.717) is 19.4 Å². The van der Waals surface area contributed by atoms with Crippen LogP contribution in [0.1, 0.15) is 18.4 Å². The third-order valence-corrected chi connectivity index (χ3v) is 3.89. The Morgan fingerprint density at radius 2 is 1.65 bits per heavy atom. The first kappa shape index (κ1) is 19.2. The number of hydrogen-bond donors (Lipinski definition) is 2. The van der Waals surface area contributed by atoms with E-state index in [1.807, 2.05) is 0 Å². The maximum atomic E-state index is 12.3. The summed E-state index contributed by atoms with van der Waals surface area (Å²) < 4.78 is 62.7. The van der Waals surface area contributed by atoms with Crippen LogP contribution in [0.25, 0.3) is 0 Å². The van der Waals surface area contributed by atoms with Crippen LogP contribution < -0.4 is 10.5 Å². The minimum Gasteiger partial charge on any atom is -0.330 e. The molecule has 0 spiro atoms. The predicted octanol–water partition coefficient (Wildman–Crippen LogP) is 2.14. The average Bonchev–Trinajstić information content (AvgIpc) is 2.34. The van der Waals surface area contributed by atoms with Gasteiger partial charge in [-0.05, 0) is 43.7 Å². The molecule has 0 aromatic heterocycles. The van der Waals surface area contributed by atoms with E-state index in [1.54, 1.807) is 0 Å². The minimum absolute atomic E-state index is 0. The highest BCUT2D eigenvalue weighted by Gasteiger charge is 2.30. The molecule has 1 rings (SSSR count). The molecule has 20 heavy (non-hydrogen) atoms. The molecule has 0 aliphatic rings. The maximum absolute atomic E-state index is 12.3. The lowest BCUT2D eigenvalue weighted by Crippen LogP contribution is -2.25. The Morgan fingerprint density at radius 3 is 2.10 bits per heavy atom. The van der Waals surface area contributed by atoms with Gasteiger partial charge in [-0.15, -0.1) is 12.4 Å². The first-order chi connectivity index (χ1) is 8.77. The van der Waals surface area contributed by atoms with Crippen LogP contribution in [0.2, 0.25) is 0 Å². The Labute approximate surface area is 122 Å². The normalized spacial score (nSPS) is 12.0. The van der Waals surface area contributed by atoms with Crippen LogP contribution in [0.5, 0.6) is 0 Å². The van der Waals surface area contributed by atoms with Crippen molar-refractivity contribution in [3.8, 4) is 0 Å². The lowest BCUT2D eigenvalue weighted by atomic mass is 10.2. The fourth-order valence-corrected chi connectivity index (χ4v) is 2.46. The summed E-state index contributed by atoms with van der Waals surface area (Å²) in [6.45, 7) is 0.669. The fraction of sp³-hybridized carbons (Fsp3) is 0.455. The van der Waals surface area contributed by atoms with Gasteiger partial charge >= 0.3 is 6.18 Å². The Bertz CT molecular complexity index is 503. The Hall–Kier alpha value is -0.830. The largest absolute Gasteiger partial charge is 0.416 e. The molecule has 0 radical (unpaired) electrons. The number of unbranched alkanes of at least 4 members (excludes halogenated alkanes) is 1. The molecule has 3 N–H and O–H groups in total. The summed E-state index contributed by atoms with van der Waals surface area (Å²) in [7, 11) is -3.76. The second-order valence-electron chi connectivity index (χ2n) is 3.92. The van der Waals surface area contributed by atoms with Crippen molar-refractivity contribution in [2.24, 2.45) is 5.73 Å². The number of benzene rings is 1. The molecule has 1 aromatic rings. The van der Waals surface area contributed by atoms with E-state index in [2.05, 4.69) is 4.72 Å². The van der Waals surface area contributed by atoms with Crippen LogP contribution in [-0.2, 0) is 16.2 Å². The monoisotopic (exact) mass is 332 g/mol. The summed E-state index contributed by atoms with van der Waals surface area (Å²) in [4.78, 5) is -0.187. The predicted molar refractivity (Wildman–Crippen MR) is 72.2 cm³/mol. The van der Waals surface area contributed by atoms with E-state index in [4.69, 9.17) is 5.73 Å². The Balaban J connectivity index is 0.00000361. The highest BCUT2D eigenvalue weighted by molar-refractivity contribution is 7.89. The van der Waals surface area contributed by atoms with Crippen molar-refractivity contribution >= 4 is 22.4 Å². The van der Waals surface area contributed by atoms with E-state index < -0.39 is 21.8 Å². The standard InChI is InChI=1S/C11H15F3N2O2S.ClH/c12-11(13,14)9-3-5-10(6-4-9)19(17,18)16-8-2-1-7-15;/h3-6,16H,1-2,7-8,15H2;1H. The quantitative estimate of drug-likeness (QED) is 0.784. The van der Waals surface area contributed by atoms with Crippen LogP contribution in [0.3, 0.4) is 0 Å². The van der Waals surface area contributed by atoms with Gasteiger partial charge in [0.2, 0.25) is 10.0 Å². The van der Waals surface area contributed by atoms with E-state index in [-0.39, 0.29) is 23.8 Å². The number of sulfonamides is 1. The molecule has 116 valence electrons. The SMILES string of the molecule is Cl.NCCCCNS(=O)(=O)c1ccc(C(F)(F)F)cc1. The molecule has 4 nitrogen and oxygen atoms in total. The van der Waals surface area contributed by atoms with Crippen molar-refractivity contribution in [3.63, 3.8) is 0 Å². The van der Waals surface area contributed by atoms with Crippen LogP contribution in [0.4, 0.5) is 13.2 Å². The Morgan fingerprint density at radius 1 is 1.10 bits per heavy atom. The van der Waals surface area contributed by atoms with E-state index in [9.17, 15) is 21.6 Å². The second kappa shape index (κ2) is 7.82. The molecule has 0 saturated heterocycles. The van der Waals surface area contributed by atoms with E-state index in [0.717, 1.165) is 24.3 Å². The number of rotatable bonds is 6. The molecular formula is C11H16ClF3N2O2S. The third-order valence-electron chi connectivity index (χ3n) is 2.41. The van der Waals surface area contributed by atoms with Crippen molar-refractivity contribution in [2.45, 2.75) is 23.9 Å². The zero-order valence-electron chi connectivity index (χ0n) is 10.5. The number of alkyl halides is 3. The summed E-state index contributed by atoms with van der Waals surface area (Å²) >= 11 is 0.